The van der Waals surface area contributed by atoms with Crippen LogP contribution in [0.3, 0.4) is 0 Å². The topological polar surface area (TPSA) is 38.1 Å². The van der Waals surface area contributed by atoms with E-state index in [1.807, 2.05) is 50.5 Å². The highest BCUT2D eigenvalue weighted by atomic mass is 16.1. The van der Waals surface area contributed by atoms with E-state index in [9.17, 15) is 4.79 Å². The first-order valence-corrected chi connectivity index (χ1v) is 8.51. The molecule has 3 rings (SSSR count). The molecule has 0 spiro atoms. The van der Waals surface area contributed by atoms with Crippen molar-refractivity contribution in [3.63, 3.8) is 0 Å². The molecule has 0 aliphatic rings. The van der Waals surface area contributed by atoms with E-state index in [-0.39, 0.29) is 5.56 Å². The van der Waals surface area contributed by atoms with Crippen LogP contribution in [-0.2, 0) is 6.54 Å². The van der Waals surface area contributed by atoms with Gasteiger partial charge in [0.1, 0.15) is 0 Å². The van der Waals surface area contributed by atoms with Crippen molar-refractivity contribution in [2.75, 3.05) is 20.6 Å². The van der Waals surface area contributed by atoms with Crippen LogP contribution in [0.15, 0.2) is 59.5 Å². The van der Waals surface area contributed by atoms with E-state index in [1.165, 1.54) is 0 Å². The summed E-state index contributed by atoms with van der Waals surface area (Å²) in [4.78, 5) is 14.7. The lowest BCUT2D eigenvalue weighted by Gasteiger charge is -2.10. The summed E-state index contributed by atoms with van der Waals surface area (Å²) in [7, 11) is 4.06. The molecule has 0 fully saturated rings. The molecular weight excluding hydrogens is 310 g/mol. The molecule has 4 nitrogen and oxygen atoms in total. The molecule has 0 radical (unpaired) electrons. The summed E-state index contributed by atoms with van der Waals surface area (Å²) in [6, 6.07) is 16.0. The van der Waals surface area contributed by atoms with E-state index >= 15 is 0 Å². The van der Waals surface area contributed by atoms with Gasteiger partial charge < -0.3 is 4.90 Å². The van der Waals surface area contributed by atoms with Crippen molar-refractivity contribution in [1.82, 2.24) is 14.7 Å². The maximum Gasteiger partial charge on any atom is 0.274 e. The van der Waals surface area contributed by atoms with Gasteiger partial charge in [0.15, 0.2) is 0 Å². The largest absolute Gasteiger partial charge is 0.309 e. The highest BCUT2D eigenvalue weighted by Crippen LogP contribution is 2.14. The number of aromatic nitrogens is 2. The molecule has 4 heteroatoms. The highest BCUT2D eigenvalue weighted by Gasteiger charge is 2.04. The molecule has 25 heavy (non-hydrogen) atoms. The van der Waals surface area contributed by atoms with Gasteiger partial charge in [0.25, 0.3) is 5.56 Å². The Hall–Kier alpha value is -2.72. The molecule has 0 saturated heterocycles. The zero-order valence-corrected chi connectivity index (χ0v) is 14.7. The van der Waals surface area contributed by atoms with Crippen molar-refractivity contribution in [3.05, 3.63) is 76.2 Å². The first-order valence-electron chi connectivity index (χ1n) is 8.51. The Kier molecular flexibility index (Phi) is 5.41. The minimum Gasteiger partial charge on any atom is -0.309 e. The normalized spacial score (nSPS) is 11.6. The van der Waals surface area contributed by atoms with Gasteiger partial charge in [0.2, 0.25) is 0 Å². The smallest absolute Gasteiger partial charge is 0.274 e. The molecule has 1 heterocycles. The molecule has 0 saturated carbocycles. The van der Waals surface area contributed by atoms with Crippen LogP contribution in [0.1, 0.15) is 17.5 Å². The van der Waals surface area contributed by atoms with Gasteiger partial charge in [-0.3, -0.25) is 4.79 Å². The van der Waals surface area contributed by atoms with Crippen LogP contribution in [0, 0.1) is 0 Å². The third kappa shape index (κ3) is 4.43. The van der Waals surface area contributed by atoms with Crippen LogP contribution in [0.25, 0.3) is 22.9 Å². The molecular formula is C21H23N3O. The molecule has 3 aromatic rings. The number of rotatable bonds is 6. The summed E-state index contributed by atoms with van der Waals surface area (Å²) >= 11 is 0. The fourth-order valence-electron chi connectivity index (χ4n) is 2.76. The quantitative estimate of drug-likeness (QED) is 0.648. The Morgan fingerprint density at radius 3 is 2.56 bits per heavy atom. The van der Waals surface area contributed by atoms with Gasteiger partial charge in [-0.2, -0.15) is 5.10 Å². The molecule has 1 aromatic heterocycles. The van der Waals surface area contributed by atoms with Gasteiger partial charge in [-0.25, -0.2) is 4.68 Å². The number of benzene rings is 2. The van der Waals surface area contributed by atoms with Crippen LogP contribution in [0.2, 0.25) is 0 Å². The van der Waals surface area contributed by atoms with E-state index in [1.54, 1.807) is 10.9 Å². The molecule has 0 aliphatic heterocycles. The van der Waals surface area contributed by atoms with Crippen LogP contribution in [-0.4, -0.2) is 35.3 Å². The SMILES string of the molecule is CN(C)CCCn1ncc2cc(C=Cc3ccccc3)ccc2c1=O. The van der Waals surface area contributed by atoms with Crippen molar-refractivity contribution in [1.29, 1.82) is 0 Å². The van der Waals surface area contributed by atoms with Crippen LogP contribution >= 0.6 is 0 Å². The molecule has 0 unspecified atom stereocenters. The Bertz CT molecular complexity index is 927. The van der Waals surface area contributed by atoms with Crippen molar-refractivity contribution < 1.29 is 0 Å². The van der Waals surface area contributed by atoms with Crippen LogP contribution in [0.5, 0.6) is 0 Å². The summed E-state index contributed by atoms with van der Waals surface area (Å²) < 4.78 is 1.56. The molecule has 0 amide bonds. The van der Waals surface area contributed by atoms with Gasteiger partial charge in [-0.05, 0) is 50.3 Å². The Labute approximate surface area is 148 Å². The van der Waals surface area contributed by atoms with E-state index in [0.717, 1.165) is 34.9 Å². The fourth-order valence-corrected chi connectivity index (χ4v) is 2.76. The molecule has 0 N–H and O–H groups in total. The van der Waals surface area contributed by atoms with Gasteiger partial charge in [0, 0.05) is 11.9 Å². The van der Waals surface area contributed by atoms with Crippen LogP contribution in [0.4, 0.5) is 0 Å². The summed E-state index contributed by atoms with van der Waals surface area (Å²) in [6.45, 7) is 1.58. The van der Waals surface area contributed by atoms with E-state index in [4.69, 9.17) is 0 Å². The van der Waals surface area contributed by atoms with Gasteiger partial charge in [0.05, 0.1) is 11.6 Å². The second-order valence-corrected chi connectivity index (χ2v) is 6.42. The zero-order chi connectivity index (χ0) is 17.6. The second-order valence-electron chi connectivity index (χ2n) is 6.42. The number of aryl methyl sites for hydroxylation is 1. The monoisotopic (exact) mass is 333 g/mol. The predicted molar refractivity (Wildman–Crippen MR) is 105 cm³/mol. The van der Waals surface area contributed by atoms with Gasteiger partial charge in [-0.1, -0.05) is 48.6 Å². The Balaban J connectivity index is 1.82. The highest BCUT2D eigenvalue weighted by molar-refractivity contribution is 5.84. The summed E-state index contributed by atoms with van der Waals surface area (Å²) in [6.07, 6.45) is 6.81. The van der Waals surface area contributed by atoms with E-state index in [2.05, 4.69) is 34.3 Å². The van der Waals surface area contributed by atoms with Crippen molar-refractivity contribution >= 4 is 22.9 Å². The number of hydrogen-bond donors (Lipinski definition) is 0. The summed E-state index contributed by atoms with van der Waals surface area (Å²) in [5.74, 6) is 0. The summed E-state index contributed by atoms with van der Waals surface area (Å²) in [5.41, 5.74) is 2.19. The average Bonchev–Trinajstić information content (AvgIpc) is 2.62. The number of fused-ring (bicyclic) bond motifs is 1. The van der Waals surface area contributed by atoms with Crippen molar-refractivity contribution in [3.8, 4) is 0 Å². The molecule has 0 bridgehead atoms. The molecule has 2 aromatic carbocycles. The van der Waals surface area contributed by atoms with E-state index in [0.29, 0.717) is 6.54 Å². The standard InChI is InChI=1S/C21H23N3O/c1-23(2)13-6-14-24-21(25)20-12-11-18(15-19(20)16-22-24)10-9-17-7-4-3-5-8-17/h3-5,7-12,15-16H,6,13-14H2,1-2H3. The Morgan fingerprint density at radius 1 is 1.04 bits per heavy atom. The summed E-state index contributed by atoms with van der Waals surface area (Å²) in [5, 5.41) is 5.92. The third-order valence-electron chi connectivity index (χ3n) is 4.12. The predicted octanol–water partition coefficient (Wildman–Crippen LogP) is 3.52. The Morgan fingerprint density at radius 2 is 1.80 bits per heavy atom. The lowest BCUT2D eigenvalue weighted by atomic mass is 10.1. The minimum atomic E-state index is -0.0187. The number of hydrogen-bond acceptors (Lipinski definition) is 3. The third-order valence-corrected chi connectivity index (χ3v) is 4.12. The van der Waals surface area contributed by atoms with E-state index < -0.39 is 0 Å². The maximum absolute atomic E-state index is 12.6. The molecule has 128 valence electrons. The van der Waals surface area contributed by atoms with Crippen molar-refractivity contribution in [2.45, 2.75) is 13.0 Å². The first kappa shape index (κ1) is 17.1. The zero-order valence-electron chi connectivity index (χ0n) is 14.7. The lowest BCUT2D eigenvalue weighted by molar-refractivity contribution is 0.378. The minimum absolute atomic E-state index is 0.0187. The van der Waals surface area contributed by atoms with Gasteiger partial charge >= 0.3 is 0 Å². The first-order chi connectivity index (χ1) is 12.1. The van der Waals surface area contributed by atoms with Crippen molar-refractivity contribution in [2.24, 2.45) is 0 Å². The van der Waals surface area contributed by atoms with Gasteiger partial charge in [-0.15, -0.1) is 0 Å². The lowest BCUT2D eigenvalue weighted by Crippen LogP contribution is -2.25. The number of nitrogens with zero attached hydrogens (tertiary/aromatic N) is 3. The molecule has 0 aliphatic carbocycles. The second kappa shape index (κ2) is 7.90. The fraction of sp³-hybridized carbons (Fsp3) is 0.238. The maximum atomic E-state index is 12.6. The average molecular weight is 333 g/mol. The molecule has 0 atom stereocenters. The van der Waals surface area contributed by atoms with Crippen LogP contribution < -0.4 is 5.56 Å².